The minimum atomic E-state index is -0.722. The van der Waals surface area contributed by atoms with Gasteiger partial charge in [-0.15, -0.1) is 0 Å². The van der Waals surface area contributed by atoms with Crippen molar-refractivity contribution in [1.82, 2.24) is 4.90 Å². The molecule has 0 aliphatic heterocycles. The number of benzene rings is 1. The average molecular weight is 250 g/mol. The average Bonchev–Trinajstić information content (AvgIpc) is 2.38. The first-order chi connectivity index (χ1) is 8.60. The number of esters is 1. The van der Waals surface area contributed by atoms with E-state index >= 15 is 0 Å². The summed E-state index contributed by atoms with van der Waals surface area (Å²) in [6.45, 7) is -0.709. The van der Waals surface area contributed by atoms with E-state index in [9.17, 15) is 14.0 Å². The van der Waals surface area contributed by atoms with Gasteiger partial charge in [-0.1, -0.05) is 12.1 Å². The largest absolute Gasteiger partial charge is 0.468 e. The van der Waals surface area contributed by atoms with Crippen molar-refractivity contribution >= 4 is 11.9 Å². The summed E-state index contributed by atoms with van der Waals surface area (Å²) in [5, 5.41) is 8.60. The summed E-state index contributed by atoms with van der Waals surface area (Å²) in [4.78, 5) is 24.0. The quantitative estimate of drug-likeness (QED) is 0.589. The molecule has 0 fully saturated rings. The van der Waals surface area contributed by atoms with Gasteiger partial charge in [0.25, 0.3) is 5.91 Å². The molecule has 0 heterocycles. The van der Waals surface area contributed by atoms with Gasteiger partial charge in [-0.05, 0) is 12.1 Å². The van der Waals surface area contributed by atoms with E-state index in [4.69, 9.17) is 5.26 Å². The van der Waals surface area contributed by atoms with Crippen molar-refractivity contribution < 1.29 is 18.7 Å². The van der Waals surface area contributed by atoms with Crippen LogP contribution >= 0.6 is 0 Å². The number of hydrogen-bond donors (Lipinski definition) is 0. The van der Waals surface area contributed by atoms with Crippen LogP contribution in [-0.2, 0) is 9.53 Å². The maximum Gasteiger partial charge on any atom is 0.325 e. The Bertz CT molecular complexity index is 496. The molecular formula is C12H11FN2O3. The van der Waals surface area contributed by atoms with Gasteiger partial charge in [0.1, 0.15) is 18.9 Å². The topological polar surface area (TPSA) is 70.4 Å². The third-order valence-electron chi connectivity index (χ3n) is 2.20. The molecular weight excluding hydrogens is 239 g/mol. The molecule has 0 aliphatic carbocycles. The zero-order chi connectivity index (χ0) is 13.5. The number of nitriles is 1. The summed E-state index contributed by atoms with van der Waals surface area (Å²) in [5.74, 6) is -2.09. The van der Waals surface area contributed by atoms with Crippen LogP contribution in [0, 0.1) is 17.1 Å². The van der Waals surface area contributed by atoms with E-state index in [2.05, 4.69) is 4.74 Å². The molecule has 0 bridgehead atoms. The van der Waals surface area contributed by atoms with Gasteiger partial charge in [0.2, 0.25) is 0 Å². The second-order valence-corrected chi connectivity index (χ2v) is 3.38. The zero-order valence-electron chi connectivity index (χ0n) is 9.72. The molecule has 0 aromatic heterocycles. The molecule has 0 radical (unpaired) electrons. The number of carbonyl (C=O) groups is 2. The van der Waals surface area contributed by atoms with E-state index in [0.29, 0.717) is 0 Å². The van der Waals surface area contributed by atoms with Crippen LogP contribution in [0.3, 0.4) is 0 Å². The van der Waals surface area contributed by atoms with E-state index < -0.39 is 24.2 Å². The van der Waals surface area contributed by atoms with Gasteiger partial charge in [-0.2, -0.15) is 5.26 Å². The van der Waals surface area contributed by atoms with Crippen molar-refractivity contribution in [2.24, 2.45) is 0 Å². The molecule has 0 unspecified atom stereocenters. The number of halogens is 1. The van der Waals surface area contributed by atoms with Crippen LogP contribution < -0.4 is 0 Å². The first-order valence-corrected chi connectivity index (χ1v) is 5.07. The smallest absolute Gasteiger partial charge is 0.325 e. The summed E-state index contributed by atoms with van der Waals surface area (Å²) >= 11 is 0. The predicted octanol–water partition coefficient (Wildman–Crippen LogP) is 0.964. The highest BCUT2D eigenvalue weighted by molar-refractivity contribution is 5.96. The van der Waals surface area contributed by atoms with Gasteiger partial charge in [0, 0.05) is 0 Å². The molecule has 0 saturated carbocycles. The van der Waals surface area contributed by atoms with E-state index in [1.807, 2.05) is 0 Å². The predicted molar refractivity (Wildman–Crippen MR) is 59.9 cm³/mol. The Hall–Kier alpha value is -2.42. The maximum atomic E-state index is 13.4. The van der Waals surface area contributed by atoms with Crippen molar-refractivity contribution in [2.45, 2.75) is 0 Å². The summed E-state index contributed by atoms with van der Waals surface area (Å²) in [6.07, 6.45) is 0. The van der Waals surface area contributed by atoms with Crippen LogP contribution in [0.1, 0.15) is 10.4 Å². The number of rotatable bonds is 4. The second kappa shape index (κ2) is 6.35. The first-order valence-electron chi connectivity index (χ1n) is 5.07. The molecule has 1 aromatic carbocycles. The highest BCUT2D eigenvalue weighted by Gasteiger charge is 2.21. The molecule has 6 heteroatoms. The number of nitrogens with zero attached hydrogens (tertiary/aromatic N) is 2. The zero-order valence-corrected chi connectivity index (χ0v) is 9.72. The van der Waals surface area contributed by atoms with Gasteiger partial charge in [0.05, 0.1) is 18.7 Å². The SMILES string of the molecule is COC(=O)CN(CC#N)C(=O)c1ccccc1F. The maximum absolute atomic E-state index is 13.4. The minimum Gasteiger partial charge on any atom is -0.468 e. The van der Waals surface area contributed by atoms with Crippen LogP contribution in [0.5, 0.6) is 0 Å². The summed E-state index contributed by atoms with van der Waals surface area (Å²) in [5.41, 5.74) is -0.184. The molecule has 0 N–H and O–H groups in total. The lowest BCUT2D eigenvalue weighted by atomic mass is 10.2. The number of ether oxygens (including phenoxy) is 1. The van der Waals surface area contributed by atoms with Crippen molar-refractivity contribution in [3.63, 3.8) is 0 Å². The van der Waals surface area contributed by atoms with Crippen molar-refractivity contribution in [3.8, 4) is 6.07 Å². The lowest BCUT2D eigenvalue weighted by molar-refractivity contribution is -0.141. The second-order valence-electron chi connectivity index (χ2n) is 3.38. The van der Waals surface area contributed by atoms with Gasteiger partial charge >= 0.3 is 5.97 Å². The Kier molecular flexibility index (Phi) is 4.81. The Morgan fingerprint density at radius 1 is 1.44 bits per heavy atom. The van der Waals surface area contributed by atoms with Crippen LogP contribution in [0.25, 0.3) is 0 Å². The summed E-state index contributed by atoms with van der Waals surface area (Å²) in [7, 11) is 1.17. The monoisotopic (exact) mass is 250 g/mol. The van der Waals surface area contributed by atoms with Crippen LogP contribution in [0.4, 0.5) is 4.39 Å². The minimum absolute atomic E-state index is 0.184. The molecule has 1 rings (SSSR count). The molecule has 0 aliphatic rings. The molecule has 0 saturated heterocycles. The van der Waals surface area contributed by atoms with Crippen molar-refractivity contribution in [3.05, 3.63) is 35.6 Å². The summed E-state index contributed by atoms with van der Waals surface area (Å²) < 4.78 is 17.8. The highest BCUT2D eigenvalue weighted by atomic mass is 19.1. The number of methoxy groups -OCH3 is 1. The molecule has 18 heavy (non-hydrogen) atoms. The fourth-order valence-corrected chi connectivity index (χ4v) is 1.31. The summed E-state index contributed by atoms with van der Waals surface area (Å²) in [6, 6.07) is 7.11. The Labute approximate surface area is 103 Å². The van der Waals surface area contributed by atoms with Gasteiger partial charge in [-0.25, -0.2) is 4.39 Å². The molecule has 0 spiro atoms. The standard InChI is InChI=1S/C12H11FN2O3/c1-18-11(16)8-15(7-6-14)12(17)9-4-2-3-5-10(9)13/h2-5H,7-8H2,1H3. The van der Waals surface area contributed by atoms with Gasteiger partial charge < -0.3 is 9.64 Å². The van der Waals surface area contributed by atoms with E-state index in [0.717, 1.165) is 11.0 Å². The number of amides is 1. The van der Waals surface area contributed by atoms with Crippen molar-refractivity contribution in [1.29, 1.82) is 5.26 Å². The number of hydrogen-bond acceptors (Lipinski definition) is 4. The van der Waals surface area contributed by atoms with Crippen molar-refractivity contribution in [2.75, 3.05) is 20.2 Å². The van der Waals surface area contributed by atoms with Crippen LogP contribution in [0.2, 0.25) is 0 Å². The molecule has 1 amide bonds. The van der Waals surface area contributed by atoms with E-state index in [1.165, 1.54) is 25.3 Å². The third kappa shape index (κ3) is 3.28. The molecule has 5 nitrogen and oxygen atoms in total. The Morgan fingerprint density at radius 3 is 2.67 bits per heavy atom. The number of carbonyl (C=O) groups excluding carboxylic acids is 2. The highest BCUT2D eigenvalue weighted by Crippen LogP contribution is 2.09. The molecule has 94 valence electrons. The Morgan fingerprint density at radius 2 is 2.11 bits per heavy atom. The lowest BCUT2D eigenvalue weighted by Crippen LogP contribution is -2.36. The van der Waals surface area contributed by atoms with Crippen LogP contribution in [0.15, 0.2) is 24.3 Å². The van der Waals surface area contributed by atoms with E-state index in [1.54, 1.807) is 6.07 Å². The molecule has 1 aromatic rings. The normalized spacial score (nSPS) is 9.39. The third-order valence-corrected chi connectivity index (χ3v) is 2.20. The lowest BCUT2D eigenvalue weighted by Gasteiger charge is -2.18. The first kappa shape index (κ1) is 13.6. The van der Waals surface area contributed by atoms with Crippen LogP contribution in [-0.4, -0.2) is 37.0 Å². The Balaban J connectivity index is 2.93. The van der Waals surface area contributed by atoms with Gasteiger partial charge in [0.15, 0.2) is 0 Å². The van der Waals surface area contributed by atoms with E-state index in [-0.39, 0.29) is 12.1 Å². The fourth-order valence-electron chi connectivity index (χ4n) is 1.31. The fraction of sp³-hybridized carbons (Fsp3) is 0.250. The van der Waals surface area contributed by atoms with Gasteiger partial charge in [-0.3, -0.25) is 9.59 Å². The molecule has 0 atom stereocenters.